The molecular formula is C30H59NO4P+. The van der Waals surface area contributed by atoms with Gasteiger partial charge < -0.3 is 14.1 Å². The summed E-state index contributed by atoms with van der Waals surface area (Å²) in [5, 5.41) is 0. The number of carbonyl (C=O) groups is 2. The van der Waals surface area contributed by atoms with Gasteiger partial charge in [-0.15, -0.1) is 0 Å². The predicted molar refractivity (Wildman–Crippen MR) is 155 cm³/mol. The molecule has 1 unspecified atom stereocenters. The quantitative estimate of drug-likeness (QED) is 0.0405. The van der Waals surface area contributed by atoms with Gasteiger partial charge in [0, 0.05) is 11.7 Å². The van der Waals surface area contributed by atoms with Crippen molar-refractivity contribution in [3.05, 3.63) is 12.2 Å². The fourth-order valence-corrected chi connectivity index (χ4v) is 5.38. The molecule has 1 N–H and O–H groups in total. The van der Waals surface area contributed by atoms with E-state index in [9.17, 15) is 14.5 Å². The Morgan fingerprint density at radius 2 is 1.11 bits per heavy atom. The molecule has 0 aromatic carbocycles. The molecule has 6 heteroatoms. The molecule has 5 nitrogen and oxygen atoms in total. The van der Waals surface area contributed by atoms with E-state index in [1.807, 2.05) is 21.1 Å². The van der Waals surface area contributed by atoms with Crippen LogP contribution in [-0.2, 0) is 14.3 Å². The van der Waals surface area contributed by atoms with Crippen molar-refractivity contribution in [1.29, 1.82) is 0 Å². The lowest BCUT2D eigenvalue weighted by Crippen LogP contribution is -2.39. The van der Waals surface area contributed by atoms with Crippen molar-refractivity contribution in [2.24, 2.45) is 0 Å². The Bertz CT molecular complexity index is 574. The van der Waals surface area contributed by atoms with E-state index in [1.165, 1.54) is 103 Å². The number of hydrogen-bond donors (Lipinski definition) is 1. The molecule has 0 aliphatic rings. The summed E-state index contributed by atoms with van der Waals surface area (Å²) >= 11 is 0. The topological polar surface area (TPSA) is 63.6 Å². The van der Waals surface area contributed by atoms with Crippen LogP contribution in [0.5, 0.6) is 0 Å². The highest BCUT2D eigenvalue weighted by Gasteiger charge is 2.22. The Balaban J connectivity index is 3.47. The molecule has 212 valence electrons. The largest absolute Gasteiger partial charge is 0.462 e. The zero-order chi connectivity index (χ0) is 27.1. The molecule has 0 radical (unpaired) electrons. The van der Waals surface area contributed by atoms with Crippen LogP contribution in [0.2, 0.25) is 0 Å². The summed E-state index contributed by atoms with van der Waals surface area (Å²) in [5.74, 6) is -0.399. The van der Waals surface area contributed by atoms with E-state index < -0.39 is 14.1 Å². The summed E-state index contributed by atoms with van der Waals surface area (Å²) in [5.41, 5.74) is 0.331. The Morgan fingerprint density at radius 1 is 0.722 bits per heavy atom. The van der Waals surface area contributed by atoms with Crippen LogP contribution in [0.4, 0.5) is 0 Å². The van der Waals surface area contributed by atoms with Gasteiger partial charge in [-0.05, 0) is 12.8 Å². The summed E-state index contributed by atoms with van der Waals surface area (Å²) in [6.07, 6.45) is 25.0. The molecule has 0 heterocycles. The molecule has 0 saturated carbocycles. The lowest BCUT2D eigenvalue weighted by atomic mass is 10.0. The van der Waals surface area contributed by atoms with Gasteiger partial charge >= 0.3 is 5.97 Å². The second-order valence-corrected chi connectivity index (χ2v) is 13.2. The van der Waals surface area contributed by atoms with Crippen molar-refractivity contribution in [3.8, 4) is 0 Å². The lowest BCUT2D eigenvalue weighted by molar-refractivity contribution is -0.861. The summed E-state index contributed by atoms with van der Waals surface area (Å²) in [7, 11) is 3.97. The number of hydrogen-bond acceptors (Lipinski definition) is 4. The number of rotatable bonds is 26. The van der Waals surface area contributed by atoms with E-state index in [0.717, 1.165) is 12.8 Å². The van der Waals surface area contributed by atoms with E-state index in [1.54, 1.807) is 0 Å². The lowest BCUT2D eigenvalue weighted by Gasteiger charge is -2.23. The summed E-state index contributed by atoms with van der Waals surface area (Å²) in [6, 6.07) is 0. The molecule has 0 aliphatic heterocycles. The molecule has 0 rings (SSSR count). The van der Waals surface area contributed by atoms with Gasteiger partial charge in [0.1, 0.15) is 14.7 Å². The van der Waals surface area contributed by atoms with E-state index in [2.05, 4.69) is 13.5 Å². The van der Waals surface area contributed by atoms with Gasteiger partial charge in [-0.1, -0.05) is 123 Å². The fraction of sp³-hybridized carbons (Fsp3) is 0.867. The van der Waals surface area contributed by atoms with Gasteiger partial charge in [0.25, 0.3) is 0 Å². The van der Waals surface area contributed by atoms with Gasteiger partial charge in [-0.25, -0.2) is 4.79 Å². The van der Waals surface area contributed by atoms with Crippen LogP contribution in [-0.4, -0.2) is 61.3 Å². The first kappa shape index (κ1) is 35.2. The first-order valence-corrected chi connectivity index (χ1v) is 16.3. The van der Waals surface area contributed by atoms with E-state index in [0.29, 0.717) is 16.5 Å². The monoisotopic (exact) mass is 528 g/mol. The highest BCUT2D eigenvalue weighted by Crippen LogP contribution is 2.31. The Morgan fingerprint density at radius 3 is 1.50 bits per heavy atom. The molecule has 0 spiro atoms. The second kappa shape index (κ2) is 23.4. The van der Waals surface area contributed by atoms with E-state index in [-0.39, 0.29) is 24.8 Å². The summed E-state index contributed by atoms with van der Waals surface area (Å²) in [6.45, 7) is 6.48. The van der Waals surface area contributed by atoms with Crippen LogP contribution in [0, 0.1) is 0 Å². The Hall–Kier alpha value is -0.770. The molecule has 0 bridgehead atoms. The van der Waals surface area contributed by atoms with Gasteiger partial charge in [0.05, 0.1) is 27.7 Å². The molecule has 1 atom stereocenters. The minimum atomic E-state index is -1.75. The number of carbonyl (C=O) groups excluding carboxylic acids is 2. The SMILES string of the molecule is C=C(CCCCCCCCCCCCCCCCCCCC)C(=O)OCCP(O)C(=O)C[N+](C)(C)C. The van der Waals surface area contributed by atoms with Crippen LogP contribution < -0.4 is 0 Å². The standard InChI is InChI=1S/C30H59NO4P/c1-6-7-8-9-10-11-12-13-14-15-16-17-18-19-20-21-22-23-24-28(2)30(33)35-25-26-36(34)29(32)27-31(3,4)5/h34H,2,6-27H2,1,3-5H3/q+1. The van der Waals surface area contributed by atoms with Crippen molar-refractivity contribution in [2.45, 2.75) is 129 Å². The first-order chi connectivity index (χ1) is 17.2. The number of likely N-dealkylation sites (N-methyl/N-ethyl adjacent to an activating group) is 1. The summed E-state index contributed by atoms with van der Waals surface area (Å²) < 4.78 is 5.68. The molecule has 0 fully saturated rings. The normalized spacial score (nSPS) is 12.5. The van der Waals surface area contributed by atoms with Crippen molar-refractivity contribution in [1.82, 2.24) is 0 Å². The molecular weight excluding hydrogens is 469 g/mol. The highest BCUT2D eigenvalue weighted by molar-refractivity contribution is 7.69. The van der Waals surface area contributed by atoms with Crippen molar-refractivity contribution in [2.75, 3.05) is 40.5 Å². The van der Waals surface area contributed by atoms with E-state index >= 15 is 0 Å². The number of esters is 1. The minimum Gasteiger partial charge on any atom is -0.462 e. The average molecular weight is 529 g/mol. The average Bonchev–Trinajstić information content (AvgIpc) is 2.81. The second-order valence-electron chi connectivity index (χ2n) is 11.5. The zero-order valence-electron chi connectivity index (χ0n) is 24.3. The summed E-state index contributed by atoms with van der Waals surface area (Å²) in [4.78, 5) is 34.0. The van der Waals surface area contributed by atoms with Gasteiger partial charge in [-0.2, -0.15) is 0 Å². The van der Waals surface area contributed by atoms with Crippen molar-refractivity contribution >= 4 is 19.6 Å². The molecule has 36 heavy (non-hydrogen) atoms. The number of nitrogens with zero attached hydrogens (tertiary/aromatic N) is 1. The third-order valence-electron chi connectivity index (χ3n) is 6.55. The van der Waals surface area contributed by atoms with Crippen molar-refractivity contribution < 1.29 is 23.7 Å². The van der Waals surface area contributed by atoms with Crippen LogP contribution in [0.1, 0.15) is 129 Å². The molecule has 0 aromatic heterocycles. The van der Waals surface area contributed by atoms with Crippen LogP contribution in [0.3, 0.4) is 0 Å². The van der Waals surface area contributed by atoms with Gasteiger partial charge in [0.2, 0.25) is 5.52 Å². The Labute approximate surface area is 224 Å². The molecule has 0 saturated heterocycles. The fourth-order valence-electron chi connectivity index (χ4n) is 4.28. The third-order valence-corrected chi connectivity index (χ3v) is 7.88. The van der Waals surface area contributed by atoms with E-state index in [4.69, 9.17) is 4.74 Å². The maximum absolute atomic E-state index is 12.1. The molecule has 0 aliphatic carbocycles. The molecule has 0 aromatic rings. The zero-order valence-corrected chi connectivity index (χ0v) is 25.2. The number of ether oxygens (including phenoxy) is 1. The van der Waals surface area contributed by atoms with Crippen molar-refractivity contribution in [3.63, 3.8) is 0 Å². The smallest absolute Gasteiger partial charge is 0.333 e. The first-order valence-electron chi connectivity index (χ1n) is 14.8. The number of quaternary nitrogens is 1. The van der Waals surface area contributed by atoms with Crippen LogP contribution in [0.25, 0.3) is 0 Å². The highest BCUT2D eigenvalue weighted by atomic mass is 31.1. The predicted octanol–water partition coefficient (Wildman–Crippen LogP) is 8.14. The maximum Gasteiger partial charge on any atom is 0.333 e. The number of unbranched alkanes of at least 4 members (excludes halogenated alkanes) is 17. The van der Waals surface area contributed by atoms with Crippen LogP contribution in [0.15, 0.2) is 12.2 Å². The van der Waals surface area contributed by atoms with Gasteiger partial charge in [0.15, 0.2) is 0 Å². The maximum atomic E-state index is 12.1. The Kier molecular flexibility index (Phi) is 22.9. The van der Waals surface area contributed by atoms with Crippen LogP contribution >= 0.6 is 8.15 Å². The third kappa shape index (κ3) is 23.6. The minimum absolute atomic E-state index is 0.0715. The molecule has 0 amide bonds. The van der Waals surface area contributed by atoms with Gasteiger partial charge in [-0.3, -0.25) is 4.79 Å².